The second kappa shape index (κ2) is 5.70. The van der Waals surface area contributed by atoms with E-state index in [1.54, 1.807) is 0 Å². The lowest BCUT2D eigenvalue weighted by atomic mass is 10.2. The fourth-order valence-corrected chi connectivity index (χ4v) is 4.04. The van der Waals surface area contributed by atoms with Crippen molar-refractivity contribution in [2.45, 2.75) is 6.42 Å². The SMILES string of the molecule is NC(=O)c1sc(N2CCCSCC2)c(C(N)=O)c1N. The zero-order valence-electron chi connectivity index (χ0n) is 10.3. The molecule has 0 saturated carbocycles. The van der Waals surface area contributed by atoms with Crippen LogP contribution >= 0.6 is 23.1 Å². The standard InChI is InChI=1S/C11H16N4O2S2/c12-7-6(9(13)16)11(19-8(7)10(14)17)15-2-1-4-18-5-3-15/h1-5,12H2,(H2,13,16)(H2,14,17). The summed E-state index contributed by atoms with van der Waals surface area (Å²) >= 11 is 3.02. The minimum Gasteiger partial charge on any atom is -0.397 e. The molecule has 0 atom stereocenters. The maximum atomic E-state index is 11.6. The molecule has 0 aliphatic carbocycles. The first kappa shape index (κ1) is 14.0. The fraction of sp³-hybridized carbons (Fsp3) is 0.455. The van der Waals surface area contributed by atoms with Gasteiger partial charge < -0.3 is 22.1 Å². The average molecular weight is 300 g/mol. The van der Waals surface area contributed by atoms with Crippen LogP contribution in [0.2, 0.25) is 0 Å². The molecule has 6 N–H and O–H groups in total. The van der Waals surface area contributed by atoms with Gasteiger partial charge in [-0.3, -0.25) is 9.59 Å². The van der Waals surface area contributed by atoms with E-state index in [-0.39, 0.29) is 16.1 Å². The van der Waals surface area contributed by atoms with E-state index in [1.807, 2.05) is 11.8 Å². The Morgan fingerprint density at radius 3 is 2.47 bits per heavy atom. The van der Waals surface area contributed by atoms with E-state index in [1.165, 1.54) is 0 Å². The lowest BCUT2D eigenvalue weighted by molar-refractivity contribution is 0.0999. The molecule has 1 saturated heterocycles. The van der Waals surface area contributed by atoms with Gasteiger partial charge in [-0.1, -0.05) is 0 Å². The van der Waals surface area contributed by atoms with E-state index in [0.717, 1.165) is 42.4 Å². The van der Waals surface area contributed by atoms with Crippen LogP contribution in [-0.2, 0) is 0 Å². The third-order valence-electron chi connectivity index (χ3n) is 2.91. The summed E-state index contributed by atoms with van der Waals surface area (Å²) in [6, 6.07) is 0. The highest BCUT2D eigenvalue weighted by Gasteiger charge is 2.26. The van der Waals surface area contributed by atoms with Crippen LogP contribution in [0.25, 0.3) is 0 Å². The molecule has 1 aromatic heterocycles. The first-order chi connectivity index (χ1) is 9.02. The van der Waals surface area contributed by atoms with Crippen molar-refractivity contribution in [2.24, 2.45) is 11.5 Å². The molecular formula is C11H16N4O2S2. The maximum absolute atomic E-state index is 11.6. The van der Waals surface area contributed by atoms with Crippen molar-refractivity contribution in [3.63, 3.8) is 0 Å². The molecule has 0 spiro atoms. The summed E-state index contributed by atoms with van der Waals surface area (Å²) in [7, 11) is 0. The summed E-state index contributed by atoms with van der Waals surface area (Å²) in [6.07, 6.45) is 1.02. The normalized spacial score (nSPS) is 16.1. The van der Waals surface area contributed by atoms with Crippen LogP contribution < -0.4 is 22.1 Å². The number of carbonyl (C=O) groups excluding carboxylic acids is 2. The number of thioether (sulfide) groups is 1. The molecule has 2 rings (SSSR count). The molecule has 1 fully saturated rings. The number of carbonyl (C=O) groups is 2. The molecule has 0 bridgehead atoms. The van der Waals surface area contributed by atoms with E-state index in [9.17, 15) is 9.59 Å². The number of nitrogens with zero attached hydrogens (tertiary/aromatic N) is 1. The van der Waals surface area contributed by atoms with Gasteiger partial charge >= 0.3 is 0 Å². The summed E-state index contributed by atoms with van der Waals surface area (Å²) in [4.78, 5) is 25.2. The number of amides is 2. The highest BCUT2D eigenvalue weighted by molar-refractivity contribution is 7.99. The van der Waals surface area contributed by atoms with Crippen molar-refractivity contribution in [2.75, 3.05) is 35.2 Å². The summed E-state index contributed by atoms with van der Waals surface area (Å²) < 4.78 is 0. The predicted octanol–water partition coefficient (Wildman–Crippen LogP) is 0.471. The smallest absolute Gasteiger partial charge is 0.260 e. The molecule has 0 radical (unpaired) electrons. The van der Waals surface area contributed by atoms with Gasteiger partial charge in [-0.15, -0.1) is 11.3 Å². The van der Waals surface area contributed by atoms with Crippen LogP contribution in [0.1, 0.15) is 26.5 Å². The molecule has 104 valence electrons. The van der Waals surface area contributed by atoms with E-state index in [0.29, 0.717) is 5.00 Å². The first-order valence-electron chi connectivity index (χ1n) is 5.87. The Morgan fingerprint density at radius 1 is 1.11 bits per heavy atom. The topological polar surface area (TPSA) is 115 Å². The molecule has 1 aliphatic heterocycles. The molecule has 1 aromatic rings. The van der Waals surface area contributed by atoms with Crippen LogP contribution in [0.4, 0.5) is 10.7 Å². The summed E-state index contributed by atoms with van der Waals surface area (Å²) in [5, 5.41) is 0.668. The van der Waals surface area contributed by atoms with Gasteiger partial charge in [-0.2, -0.15) is 11.8 Å². The summed E-state index contributed by atoms with van der Waals surface area (Å²) in [5.74, 6) is 0.821. The second-order valence-electron chi connectivity index (χ2n) is 4.21. The van der Waals surface area contributed by atoms with Crippen molar-refractivity contribution in [3.05, 3.63) is 10.4 Å². The monoisotopic (exact) mass is 300 g/mol. The molecule has 0 unspecified atom stereocenters. The summed E-state index contributed by atoms with van der Waals surface area (Å²) in [5.41, 5.74) is 16.8. The average Bonchev–Trinajstić information content (AvgIpc) is 2.53. The first-order valence-corrected chi connectivity index (χ1v) is 7.84. The van der Waals surface area contributed by atoms with Gasteiger partial charge in [0.2, 0.25) is 0 Å². The molecular weight excluding hydrogens is 284 g/mol. The number of nitrogens with two attached hydrogens (primary N) is 3. The quantitative estimate of drug-likeness (QED) is 0.750. The van der Waals surface area contributed by atoms with Crippen LogP contribution in [-0.4, -0.2) is 36.4 Å². The Bertz CT molecular complexity index is 507. The Balaban J connectivity index is 2.45. The number of nitrogen functional groups attached to an aromatic ring is 1. The number of hydrogen-bond donors (Lipinski definition) is 3. The van der Waals surface area contributed by atoms with Crippen molar-refractivity contribution in [1.29, 1.82) is 0 Å². The zero-order valence-corrected chi connectivity index (χ0v) is 12.0. The number of anilines is 2. The predicted molar refractivity (Wildman–Crippen MR) is 79.9 cm³/mol. The Labute approximate surface area is 119 Å². The van der Waals surface area contributed by atoms with E-state index in [2.05, 4.69) is 4.90 Å². The van der Waals surface area contributed by atoms with Crippen LogP contribution in [0.5, 0.6) is 0 Å². The second-order valence-corrected chi connectivity index (χ2v) is 6.43. The van der Waals surface area contributed by atoms with E-state index >= 15 is 0 Å². The molecule has 0 aromatic carbocycles. The number of rotatable bonds is 3. The third-order valence-corrected chi connectivity index (χ3v) is 5.24. The molecule has 6 nitrogen and oxygen atoms in total. The largest absolute Gasteiger partial charge is 0.397 e. The minimum absolute atomic E-state index is 0.108. The maximum Gasteiger partial charge on any atom is 0.260 e. The van der Waals surface area contributed by atoms with Crippen LogP contribution in [0.15, 0.2) is 0 Å². The number of hydrogen-bond acceptors (Lipinski definition) is 6. The van der Waals surface area contributed by atoms with Crippen molar-refractivity contribution in [1.82, 2.24) is 0 Å². The fourth-order valence-electron chi connectivity index (χ4n) is 2.02. The summed E-state index contributed by atoms with van der Waals surface area (Å²) in [6.45, 7) is 1.63. The Morgan fingerprint density at radius 2 is 1.84 bits per heavy atom. The van der Waals surface area contributed by atoms with Gasteiger partial charge in [0.05, 0.1) is 11.3 Å². The highest BCUT2D eigenvalue weighted by Crippen LogP contribution is 2.38. The van der Waals surface area contributed by atoms with Gasteiger partial charge in [0.1, 0.15) is 9.88 Å². The molecule has 2 heterocycles. The van der Waals surface area contributed by atoms with Gasteiger partial charge in [0.15, 0.2) is 0 Å². The molecule has 8 heteroatoms. The third kappa shape index (κ3) is 2.79. The zero-order chi connectivity index (χ0) is 14.0. The van der Waals surface area contributed by atoms with E-state index < -0.39 is 11.8 Å². The van der Waals surface area contributed by atoms with Gasteiger partial charge in [0.25, 0.3) is 11.8 Å². The van der Waals surface area contributed by atoms with Crippen molar-refractivity contribution >= 4 is 45.6 Å². The molecule has 1 aliphatic rings. The number of thiophene rings is 1. The van der Waals surface area contributed by atoms with Gasteiger partial charge in [0, 0.05) is 18.8 Å². The number of primary amides is 2. The molecule has 19 heavy (non-hydrogen) atoms. The van der Waals surface area contributed by atoms with Crippen LogP contribution in [0, 0.1) is 0 Å². The lowest BCUT2D eigenvalue weighted by Gasteiger charge is -2.21. The van der Waals surface area contributed by atoms with E-state index in [4.69, 9.17) is 17.2 Å². The molecule has 2 amide bonds. The Hall–Kier alpha value is -1.41. The minimum atomic E-state index is -0.625. The van der Waals surface area contributed by atoms with Crippen LogP contribution in [0.3, 0.4) is 0 Å². The highest BCUT2D eigenvalue weighted by atomic mass is 32.2. The van der Waals surface area contributed by atoms with Gasteiger partial charge in [-0.25, -0.2) is 0 Å². The van der Waals surface area contributed by atoms with Crippen molar-refractivity contribution in [3.8, 4) is 0 Å². The van der Waals surface area contributed by atoms with Crippen molar-refractivity contribution < 1.29 is 9.59 Å². The Kier molecular flexibility index (Phi) is 4.20. The lowest BCUT2D eigenvalue weighted by Crippen LogP contribution is -2.27. The van der Waals surface area contributed by atoms with Gasteiger partial charge in [-0.05, 0) is 12.2 Å².